The molecule has 0 unspecified atom stereocenters. The number of nitrogens with zero attached hydrogens (tertiary/aromatic N) is 1. The molecule has 0 atom stereocenters. The largest absolute Gasteiger partial charge is 0.411 e. The molecule has 0 aromatic rings. The third-order valence-corrected chi connectivity index (χ3v) is 2.58. The van der Waals surface area contributed by atoms with Crippen molar-refractivity contribution < 1.29 is 14.7 Å². The van der Waals surface area contributed by atoms with E-state index in [4.69, 9.17) is 14.7 Å². The van der Waals surface area contributed by atoms with E-state index in [2.05, 4.69) is 12.1 Å². The lowest BCUT2D eigenvalue weighted by atomic mass is 9.96. The van der Waals surface area contributed by atoms with Crippen LogP contribution in [0.15, 0.2) is 5.16 Å². The summed E-state index contributed by atoms with van der Waals surface area (Å²) in [4.78, 5) is 0. The maximum absolute atomic E-state index is 8.58. The van der Waals surface area contributed by atoms with Gasteiger partial charge >= 0.3 is 0 Å². The van der Waals surface area contributed by atoms with Crippen LogP contribution in [-0.2, 0) is 9.47 Å². The Morgan fingerprint density at radius 3 is 2.60 bits per heavy atom. The monoisotopic (exact) mass is 215 g/mol. The summed E-state index contributed by atoms with van der Waals surface area (Å²) in [6, 6.07) is 0. The summed E-state index contributed by atoms with van der Waals surface area (Å²) in [6.07, 6.45) is 5.02. The van der Waals surface area contributed by atoms with Crippen molar-refractivity contribution in [3.05, 3.63) is 0 Å². The first-order valence-electron chi connectivity index (χ1n) is 5.76. The predicted molar refractivity (Wildman–Crippen MR) is 58.5 cm³/mol. The predicted octanol–water partition coefficient (Wildman–Crippen LogP) is 2.20. The first-order chi connectivity index (χ1) is 7.36. The molecule has 0 aromatic carbocycles. The summed E-state index contributed by atoms with van der Waals surface area (Å²) >= 11 is 0. The average Bonchev–Trinajstić information content (AvgIpc) is 2.30. The van der Waals surface area contributed by atoms with Crippen LogP contribution in [0.2, 0.25) is 0 Å². The van der Waals surface area contributed by atoms with Crippen LogP contribution in [0.25, 0.3) is 0 Å². The Kier molecular flexibility index (Phi) is 6.36. The third kappa shape index (κ3) is 5.14. The minimum atomic E-state index is 0.320. The van der Waals surface area contributed by atoms with Crippen LogP contribution in [-0.4, -0.2) is 36.8 Å². The maximum Gasteiger partial charge on any atom is 0.0704 e. The summed E-state index contributed by atoms with van der Waals surface area (Å²) in [7, 11) is 0. The minimum Gasteiger partial charge on any atom is -0.411 e. The van der Waals surface area contributed by atoms with Crippen molar-refractivity contribution in [3.8, 4) is 0 Å². The van der Waals surface area contributed by atoms with Gasteiger partial charge in [0.25, 0.3) is 0 Å². The molecule has 0 heterocycles. The Labute approximate surface area is 91.3 Å². The van der Waals surface area contributed by atoms with Crippen LogP contribution < -0.4 is 0 Å². The Balaban J connectivity index is 1.99. The Morgan fingerprint density at radius 2 is 2.00 bits per heavy atom. The van der Waals surface area contributed by atoms with Gasteiger partial charge in [-0.15, -0.1) is 0 Å². The van der Waals surface area contributed by atoms with E-state index in [0.717, 1.165) is 44.4 Å². The van der Waals surface area contributed by atoms with Gasteiger partial charge in [0.05, 0.1) is 25.0 Å². The fourth-order valence-electron chi connectivity index (χ4n) is 1.71. The van der Waals surface area contributed by atoms with E-state index in [0.29, 0.717) is 19.3 Å². The fourth-order valence-corrected chi connectivity index (χ4v) is 1.71. The highest BCUT2D eigenvalue weighted by molar-refractivity contribution is 5.84. The van der Waals surface area contributed by atoms with Gasteiger partial charge in [0.2, 0.25) is 0 Å². The highest BCUT2D eigenvalue weighted by Gasteiger charge is 2.17. The zero-order valence-electron chi connectivity index (χ0n) is 9.45. The van der Waals surface area contributed by atoms with Crippen molar-refractivity contribution in [2.24, 2.45) is 5.16 Å². The lowest BCUT2D eigenvalue weighted by Gasteiger charge is -2.22. The number of rotatable bonds is 6. The third-order valence-electron chi connectivity index (χ3n) is 2.58. The van der Waals surface area contributed by atoms with Gasteiger partial charge < -0.3 is 14.7 Å². The van der Waals surface area contributed by atoms with Crippen LogP contribution in [0.1, 0.15) is 39.0 Å². The highest BCUT2D eigenvalue weighted by Crippen LogP contribution is 2.18. The summed E-state index contributed by atoms with van der Waals surface area (Å²) in [5.41, 5.74) is 0.900. The molecule has 15 heavy (non-hydrogen) atoms. The summed E-state index contributed by atoms with van der Waals surface area (Å²) in [5, 5.41) is 11.8. The Morgan fingerprint density at radius 1 is 1.27 bits per heavy atom. The number of oxime groups is 1. The van der Waals surface area contributed by atoms with E-state index in [1.165, 1.54) is 0 Å². The van der Waals surface area contributed by atoms with Crippen molar-refractivity contribution in [1.82, 2.24) is 0 Å². The Hall–Kier alpha value is -0.610. The van der Waals surface area contributed by atoms with E-state index in [9.17, 15) is 0 Å². The molecule has 0 aromatic heterocycles. The van der Waals surface area contributed by atoms with Crippen molar-refractivity contribution in [3.63, 3.8) is 0 Å². The van der Waals surface area contributed by atoms with Crippen LogP contribution in [0.3, 0.4) is 0 Å². The average molecular weight is 215 g/mol. The number of hydrogen-bond donors (Lipinski definition) is 1. The minimum absolute atomic E-state index is 0.320. The highest BCUT2D eigenvalue weighted by atomic mass is 16.5. The molecule has 0 amide bonds. The van der Waals surface area contributed by atoms with Gasteiger partial charge in [-0.25, -0.2) is 0 Å². The van der Waals surface area contributed by atoms with Crippen molar-refractivity contribution >= 4 is 5.71 Å². The van der Waals surface area contributed by atoms with Crippen molar-refractivity contribution in [2.45, 2.75) is 45.1 Å². The molecule has 1 N–H and O–H groups in total. The molecule has 4 nitrogen and oxygen atoms in total. The smallest absolute Gasteiger partial charge is 0.0704 e. The van der Waals surface area contributed by atoms with Crippen molar-refractivity contribution in [2.75, 3.05) is 19.8 Å². The molecule has 1 aliphatic rings. The van der Waals surface area contributed by atoms with Crippen LogP contribution in [0.5, 0.6) is 0 Å². The lowest BCUT2D eigenvalue weighted by Crippen LogP contribution is -2.23. The quantitative estimate of drug-likeness (QED) is 0.420. The van der Waals surface area contributed by atoms with Gasteiger partial charge in [0.15, 0.2) is 0 Å². The standard InChI is InChI=1S/C11H21NO3/c1-2-7-14-8-9-15-11-5-3-10(12-13)4-6-11/h11,13H,2-9H2,1H3. The normalized spacial score (nSPS) is 21.7. The van der Waals surface area contributed by atoms with Gasteiger partial charge in [0, 0.05) is 6.61 Å². The molecule has 1 aliphatic carbocycles. The first kappa shape index (κ1) is 12.5. The van der Waals surface area contributed by atoms with Crippen LogP contribution >= 0.6 is 0 Å². The van der Waals surface area contributed by atoms with E-state index in [-0.39, 0.29) is 0 Å². The molecule has 0 spiro atoms. The molecule has 1 rings (SSSR count). The molecular weight excluding hydrogens is 194 g/mol. The second kappa shape index (κ2) is 7.65. The summed E-state index contributed by atoms with van der Waals surface area (Å²) in [5.74, 6) is 0. The molecule has 0 bridgehead atoms. The zero-order chi connectivity index (χ0) is 10.9. The summed E-state index contributed by atoms with van der Waals surface area (Å²) in [6.45, 7) is 4.27. The van der Waals surface area contributed by atoms with Crippen LogP contribution in [0.4, 0.5) is 0 Å². The lowest BCUT2D eigenvalue weighted by molar-refractivity contribution is -0.00296. The van der Waals surface area contributed by atoms with Crippen molar-refractivity contribution in [1.29, 1.82) is 0 Å². The van der Waals surface area contributed by atoms with Gasteiger partial charge in [-0.2, -0.15) is 0 Å². The van der Waals surface area contributed by atoms with Gasteiger partial charge in [-0.3, -0.25) is 0 Å². The molecule has 88 valence electrons. The van der Waals surface area contributed by atoms with Crippen LogP contribution in [0, 0.1) is 0 Å². The molecule has 4 heteroatoms. The first-order valence-corrected chi connectivity index (χ1v) is 5.76. The topological polar surface area (TPSA) is 51.0 Å². The molecule has 0 aliphatic heterocycles. The molecule has 0 radical (unpaired) electrons. The molecule has 1 fully saturated rings. The number of ether oxygens (including phenoxy) is 2. The second-order valence-electron chi connectivity index (χ2n) is 3.85. The summed E-state index contributed by atoms with van der Waals surface area (Å²) < 4.78 is 11.0. The fraction of sp³-hybridized carbons (Fsp3) is 0.909. The van der Waals surface area contributed by atoms with Gasteiger partial charge in [0.1, 0.15) is 0 Å². The molecule has 1 saturated carbocycles. The van der Waals surface area contributed by atoms with E-state index >= 15 is 0 Å². The molecular formula is C11H21NO3. The van der Waals surface area contributed by atoms with Gasteiger partial charge in [-0.05, 0) is 32.1 Å². The zero-order valence-corrected chi connectivity index (χ0v) is 9.45. The van der Waals surface area contributed by atoms with Gasteiger partial charge in [-0.1, -0.05) is 12.1 Å². The number of hydrogen-bond acceptors (Lipinski definition) is 4. The Bertz CT molecular complexity index is 184. The second-order valence-corrected chi connectivity index (χ2v) is 3.85. The molecule has 0 saturated heterocycles. The maximum atomic E-state index is 8.58. The van der Waals surface area contributed by atoms with E-state index in [1.807, 2.05) is 0 Å². The SMILES string of the molecule is CCCOCCOC1CCC(=NO)CC1. The van der Waals surface area contributed by atoms with E-state index < -0.39 is 0 Å². The van der Waals surface area contributed by atoms with E-state index in [1.54, 1.807) is 0 Å².